The summed E-state index contributed by atoms with van der Waals surface area (Å²) in [5.41, 5.74) is 0.141. The van der Waals surface area contributed by atoms with Crippen LogP contribution in [0.15, 0.2) is 52.0 Å². The highest BCUT2D eigenvalue weighted by Crippen LogP contribution is 2.27. The molecule has 0 aliphatic carbocycles. The summed E-state index contributed by atoms with van der Waals surface area (Å²) < 4.78 is 58.5. The van der Waals surface area contributed by atoms with Crippen molar-refractivity contribution in [2.45, 2.75) is 30.2 Å². The van der Waals surface area contributed by atoms with Crippen LogP contribution in [0.4, 0.5) is 5.69 Å². The Morgan fingerprint density at radius 3 is 2.37 bits per heavy atom. The zero-order valence-corrected chi connectivity index (χ0v) is 17.9. The Labute approximate surface area is 175 Å². The molecule has 4 rings (SSSR count). The van der Waals surface area contributed by atoms with E-state index in [9.17, 15) is 21.6 Å². The second-order valence-corrected chi connectivity index (χ2v) is 11.0. The van der Waals surface area contributed by atoms with Crippen molar-refractivity contribution in [1.29, 1.82) is 0 Å². The largest absolute Gasteiger partial charge is 0.468 e. The number of carbonyl (C=O) groups is 1. The average Bonchev–Trinajstić information content (AvgIpc) is 3.45. The fourth-order valence-corrected chi connectivity index (χ4v) is 6.34. The van der Waals surface area contributed by atoms with Gasteiger partial charge in [-0.25, -0.2) is 25.9 Å². The van der Waals surface area contributed by atoms with Crippen LogP contribution < -0.4 is 9.03 Å². The van der Waals surface area contributed by atoms with Gasteiger partial charge >= 0.3 is 0 Å². The molecule has 162 valence electrons. The maximum atomic E-state index is 12.8. The minimum absolute atomic E-state index is 0.00471. The van der Waals surface area contributed by atoms with E-state index < -0.39 is 26.0 Å². The van der Waals surface area contributed by atoms with Crippen LogP contribution in [0.5, 0.6) is 0 Å². The quantitative estimate of drug-likeness (QED) is 0.674. The van der Waals surface area contributed by atoms with E-state index in [2.05, 4.69) is 9.62 Å². The molecule has 2 fully saturated rings. The molecule has 2 aromatic rings. The van der Waals surface area contributed by atoms with Gasteiger partial charge in [-0.15, -0.1) is 0 Å². The highest BCUT2D eigenvalue weighted by atomic mass is 32.2. The summed E-state index contributed by atoms with van der Waals surface area (Å²) in [5.74, 6) is -0.0543. The number of likely N-dealkylation sites (tertiary alicyclic amines) is 1. The standard InChI is InChI=1S/C19H23N3O6S2/c23-19-9-13-29(24,25)22(19)15-5-7-16(8-6-15)30(26,27)20-14-17(18-4-3-12-28-18)21-10-1-2-11-21/h3-8,12,17,20H,1-2,9-11,13-14H2/t17-/m0/s1. The maximum absolute atomic E-state index is 12.8. The van der Waals surface area contributed by atoms with Gasteiger partial charge in [-0.3, -0.25) is 9.69 Å². The Bertz CT molecular complexity index is 1110. The van der Waals surface area contributed by atoms with Gasteiger partial charge in [-0.2, -0.15) is 0 Å². The van der Waals surface area contributed by atoms with Crippen molar-refractivity contribution in [2.75, 3.05) is 29.7 Å². The average molecular weight is 454 g/mol. The van der Waals surface area contributed by atoms with Gasteiger partial charge in [-0.1, -0.05) is 0 Å². The predicted octanol–water partition coefficient (Wildman–Crippen LogP) is 1.46. The summed E-state index contributed by atoms with van der Waals surface area (Å²) in [7, 11) is -7.52. The van der Waals surface area contributed by atoms with Gasteiger partial charge in [0, 0.05) is 13.0 Å². The molecule has 9 nitrogen and oxygen atoms in total. The SMILES string of the molecule is O=C1CCS(=O)(=O)N1c1ccc(S(=O)(=O)NC[C@@H](c2ccco2)N2CCCC2)cc1. The first-order chi connectivity index (χ1) is 14.3. The third-order valence-corrected chi connectivity index (χ3v) is 8.51. The van der Waals surface area contributed by atoms with Gasteiger partial charge in [-0.05, 0) is 62.3 Å². The highest BCUT2D eigenvalue weighted by Gasteiger charge is 2.36. The molecule has 3 heterocycles. The molecular formula is C19H23N3O6S2. The van der Waals surface area contributed by atoms with E-state index in [1.54, 1.807) is 12.3 Å². The third-order valence-electron chi connectivity index (χ3n) is 5.38. The predicted molar refractivity (Wildman–Crippen MR) is 110 cm³/mol. The number of sulfonamides is 2. The molecule has 0 spiro atoms. The van der Waals surface area contributed by atoms with Gasteiger partial charge in [0.1, 0.15) is 5.76 Å². The summed E-state index contributed by atoms with van der Waals surface area (Å²) in [5, 5.41) is 0. The molecule has 2 aliphatic heterocycles. The summed E-state index contributed by atoms with van der Waals surface area (Å²) in [6.45, 7) is 1.90. The molecule has 1 aromatic heterocycles. The van der Waals surface area contributed by atoms with Gasteiger partial charge in [0.05, 0.1) is 28.6 Å². The van der Waals surface area contributed by atoms with E-state index in [0.29, 0.717) is 5.76 Å². The number of anilines is 1. The van der Waals surface area contributed by atoms with E-state index in [-0.39, 0.29) is 35.3 Å². The fourth-order valence-electron chi connectivity index (χ4n) is 3.85. The van der Waals surface area contributed by atoms with Crippen LogP contribution in [-0.4, -0.2) is 53.0 Å². The summed E-state index contributed by atoms with van der Waals surface area (Å²) in [6.07, 6.45) is 3.61. The molecule has 0 saturated carbocycles. The van der Waals surface area contributed by atoms with E-state index in [1.807, 2.05) is 6.07 Å². The molecule has 0 radical (unpaired) electrons. The Morgan fingerprint density at radius 1 is 1.10 bits per heavy atom. The normalized spacial score (nSPS) is 20.7. The van der Waals surface area contributed by atoms with Crippen LogP contribution in [-0.2, 0) is 24.8 Å². The van der Waals surface area contributed by atoms with Gasteiger partial charge in [0.2, 0.25) is 26.0 Å². The minimum Gasteiger partial charge on any atom is -0.468 e. The molecule has 1 amide bonds. The molecular weight excluding hydrogens is 430 g/mol. The Kier molecular flexibility index (Phi) is 5.71. The van der Waals surface area contributed by atoms with Crippen molar-refractivity contribution in [2.24, 2.45) is 0 Å². The van der Waals surface area contributed by atoms with Crippen molar-refractivity contribution in [3.05, 3.63) is 48.4 Å². The van der Waals surface area contributed by atoms with Gasteiger partial charge in [0.15, 0.2) is 0 Å². The highest BCUT2D eigenvalue weighted by molar-refractivity contribution is 7.94. The van der Waals surface area contributed by atoms with Crippen LogP contribution >= 0.6 is 0 Å². The maximum Gasteiger partial charge on any atom is 0.242 e. The molecule has 1 N–H and O–H groups in total. The van der Waals surface area contributed by atoms with E-state index in [1.165, 1.54) is 24.3 Å². The molecule has 1 aromatic carbocycles. The van der Waals surface area contributed by atoms with Crippen LogP contribution in [0.3, 0.4) is 0 Å². The lowest BCUT2D eigenvalue weighted by molar-refractivity contribution is -0.116. The molecule has 11 heteroatoms. The molecule has 0 unspecified atom stereocenters. The second kappa shape index (κ2) is 8.14. The number of nitrogens with one attached hydrogen (secondary N) is 1. The Hall–Kier alpha value is -2.21. The van der Waals surface area contributed by atoms with E-state index in [4.69, 9.17) is 4.42 Å². The van der Waals surface area contributed by atoms with Crippen LogP contribution in [0.1, 0.15) is 31.1 Å². The lowest BCUT2D eigenvalue weighted by Gasteiger charge is -2.26. The lowest BCUT2D eigenvalue weighted by atomic mass is 10.2. The number of furan rings is 1. The second-order valence-electron chi connectivity index (χ2n) is 7.34. The smallest absolute Gasteiger partial charge is 0.242 e. The topological polar surface area (TPSA) is 117 Å². The zero-order chi connectivity index (χ0) is 21.4. The summed E-state index contributed by atoms with van der Waals surface area (Å²) in [4.78, 5) is 14.1. The van der Waals surface area contributed by atoms with E-state index >= 15 is 0 Å². The number of carbonyl (C=O) groups excluding carboxylic acids is 1. The third kappa shape index (κ3) is 4.15. The summed E-state index contributed by atoms with van der Waals surface area (Å²) in [6, 6.07) is 8.68. The molecule has 2 saturated heterocycles. The van der Waals surface area contributed by atoms with Crippen molar-refractivity contribution in [3.63, 3.8) is 0 Å². The van der Waals surface area contributed by atoms with Crippen molar-refractivity contribution in [1.82, 2.24) is 9.62 Å². The lowest BCUT2D eigenvalue weighted by Crippen LogP contribution is -2.36. The van der Waals surface area contributed by atoms with Gasteiger partial charge < -0.3 is 4.42 Å². The monoisotopic (exact) mass is 453 g/mol. The molecule has 30 heavy (non-hydrogen) atoms. The zero-order valence-electron chi connectivity index (χ0n) is 16.2. The Morgan fingerprint density at radius 2 is 1.80 bits per heavy atom. The van der Waals surface area contributed by atoms with Crippen LogP contribution in [0, 0.1) is 0 Å². The molecule has 0 bridgehead atoms. The number of hydrogen-bond acceptors (Lipinski definition) is 7. The van der Waals surface area contributed by atoms with Crippen LogP contribution in [0.2, 0.25) is 0 Å². The van der Waals surface area contributed by atoms with Crippen molar-refractivity contribution >= 4 is 31.6 Å². The van der Waals surface area contributed by atoms with Crippen molar-refractivity contribution < 1.29 is 26.0 Å². The van der Waals surface area contributed by atoms with Crippen molar-refractivity contribution in [3.8, 4) is 0 Å². The Balaban J connectivity index is 1.50. The molecule has 2 aliphatic rings. The minimum atomic E-state index is -3.83. The number of benzene rings is 1. The number of nitrogens with zero attached hydrogens (tertiary/aromatic N) is 2. The first-order valence-corrected chi connectivity index (χ1v) is 12.8. The fraction of sp³-hybridized carbons (Fsp3) is 0.421. The van der Waals surface area contributed by atoms with Gasteiger partial charge in [0.25, 0.3) is 0 Å². The van der Waals surface area contributed by atoms with Crippen LogP contribution in [0.25, 0.3) is 0 Å². The summed E-state index contributed by atoms with van der Waals surface area (Å²) >= 11 is 0. The first-order valence-electron chi connectivity index (χ1n) is 9.71. The van der Waals surface area contributed by atoms with E-state index in [0.717, 1.165) is 30.2 Å². The number of amides is 1. The number of hydrogen-bond donors (Lipinski definition) is 1. The molecule has 1 atom stereocenters. The number of rotatable bonds is 7. The first kappa shape index (κ1) is 21.0.